The topological polar surface area (TPSA) is 97.8 Å². The second kappa shape index (κ2) is 9.14. The summed E-state index contributed by atoms with van der Waals surface area (Å²) in [6, 6.07) is 0. The summed E-state index contributed by atoms with van der Waals surface area (Å²) in [6.07, 6.45) is 17.3. The highest BCUT2D eigenvalue weighted by Gasteiger charge is 2.70. The van der Waals surface area contributed by atoms with E-state index in [1.807, 2.05) is 13.0 Å². The lowest BCUT2D eigenvalue weighted by atomic mass is 9.36. The van der Waals surface area contributed by atoms with Crippen LogP contribution in [0.15, 0.2) is 11.6 Å². The SMILES string of the molecule is C#C[C@]1(C2CC2)C(=O)CC[C@]2(C)C3C(=O)C=C4C5C[C@@](C)(C(=O)ON6C(=O)CCC6=O)CC[C@]5(C)CCC4[C@]3(C)CCC21. The fraction of sp³-hybridized carbons (Fsp3) is 0.750. The van der Waals surface area contributed by atoms with Crippen LogP contribution in [0.2, 0.25) is 0 Å². The van der Waals surface area contributed by atoms with Crippen molar-refractivity contribution in [1.29, 1.82) is 0 Å². The maximum atomic E-state index is 14.5. The second-order valence-electron chi connectivity index (χ2n) is 16.3. The van der Waals surface area contributed by atoms with Crippen LogP contribution in [-0.4, -0.2) is 34.4 Å². The number of rotatable bonds is 3. The lowest BCUT2D eigenvalue weighted by Crippen LogP contribution is -2.64. The summed E-state index contributed by atoms with van der Waals surface area (Å²) in [7, 11) is 0. The van der Waals surface area contributed by atoms with Gasteiger partial charge in [0.25, 0.3) is 11.8 Å². The van der Waals surface area contributed by atoms with Crippen LogP contribution >= 0.6 is 0 Å². The van der Waals surface area contributed by atoms with Crippen molar-refractivity contribution in [3.8, 4) is 12.3 Å². The highest BCUT2D eigenvalue weighted by molar-refractivity contribution is 6.02. The van der Waals surface area contributed by atoms with Crippen molar-refractivity contribution in [2.24, 2.45) is 56.7 Å². The lowest BCUT2D eigenvalue weighted by Gasteiger charge is -2.66. The predicted molar refractivity (Wildman–Crippen MR) is 157 cm³/mol. The number of fused-ring (bicyclic) bond motifs is 7. The predicted octanol–water partition coefficient (Wildman–Crippen LogP) is 5.76. The van der Waals surface area contributed by atoms with Crippen LogP contribution in [-0.2, 0) is 28.8 Å². The molecule has 6 fully saturated rings. The molecule has 1 aliphatic heterocycles. The van der Waals surface area contributed by atoms with E-state index in [0.29, 0.717) is 30.7 Å². The summed E-state index contributed by atoms with van der Waals surface area (Å²) in [5.41, 5.74) is -0.998. The van der Waals surface area contributed by atoms with Crippen molar-refractivity contribution in [3.05, 3.63) is 11.6 Å². The first-order valence-electron chi connectivity index (χ1n) is 16.6. The fourth-order valence-electron chi connectivity index (χ4n) is 11.5. The normalized spacial score (nSPS) is 47.5. The third-order valence-electron chi connectivity index (χ3n) is 14.1. The van der Waals surface area contributed by atoms with Gasteiger partial charge in [-0.3, -0.25) is 19.2 Å². The average molecular weight is 588 g/mol. The number of carbonyl (C=O) groups is 5. The standard InChI is InChI=1S/C36H45NO6/c1-6-36(21-7-8-21)26-12-15-34(4)23-11-14-32(2)17-18-33(3,31(42)43-37-28(40)9-10-29(37)41)20-24(32)22(23)19-25(38)30(34)35(26,5)16-13-27(36)39/h1,19,21,23-24,26,30H,7-18,20H2,2-5H3/t23?,24?,26?,30?,32-,33-,34-,35-,36+/m0/s1. The number of hydrogen-bond acceptors (Lipinski definition) is 6. The number of imide groups is 1. The largest absolute Gasteiger partial charge is 0.339 e. The smallest absolute Gasteiger partial charge is 0.330 e. The van der Waals surface area contributed by atoms with Gasteiger partial charge in [0.1, 0.15) is 0 Å². The number of ketones is 2. The Labute approximate surface area is 254 Å². The summed E-state index contributed by atoms with van der Waals surface area (Å²) in [6.45, 7) is 8.78. The summed E-state index contributed by atoms with van der Waals surface area (Å²) < 4.78 is 0. The molecule has 0 N–H and O–H groups in total. The third kappa shape index (κ3) is 3.77. The Morgan fingerprint density at radius 2 is 1.56 bits per heavy atom. The van der Waals surface area contributed by atoms with Crippen molar-refractivity contribution < 1.29 is 28.8 Å². The molecule has 2 amide bonds. The first kappa shape index (κ1) is 29.0. The van der Waals surface area contributed by atoms with Crippen LogP contribution in [0.3, 0.4) is 0 Å². The molecule has 0 radical (unpaired) electrons. The molecule has 0 bridgehead atoms. The number of hydrogen-bond donors (Lipinski definition) is 0. The van der Waals surface area contributed by atoms with Gasteiger partial charge in [0.2, 0.25) is 0 Å². The Bertz CT molecular complexity index is 1400. The van der Waals surface area contributed by atoms with Gasteiger partial charge < -0.3 is 4.84 Å². The zero-order valence-corrected chi connectivity index (χ0v) is 26.1. The molecular formula is C36H45NO6. The van der Waals surface area contributed by atoms with E-state index >= 15 is 0 Å². The summed E-state index contributed by atoms with van der Waals surface area (Å²) in [4.78, 5) is 71.4. The van der Waals surface area contributed by atoms with E-state index in [-0.39, 0.29) is 70.2 Å². The number of allylic oxidation sites excluding steroid dienone is 2. The van der Waals surface area contributed by atoms with Gasteiger partial charge in [-0.25, -0.2) is 4.79 Å². The number of Topliss-reactive ketones (excluding diaryl/α,β-unsaturated/α-hetero) is 1. The number of terminal acetylenes is 1. The molecule has 0 spiro atoms. The van der Waals surface area contributed by atoms with Crippen molar-refractivity contribution in [2.75, 3.05) is 0 Å². The van der Waals surface area contributed by atoms with Gasteiger partial charge in [0, 0.05) is 25.2 Å². The minimum atomic E-state index is -0.860. The minimum absolute atomic E-state index is 0.0339. The number of carbonyl (C=O) groups excluding carboxylic acids is 5. The quantitative estimate of drug-likeness (QED) is 0.308. The molecule has 1 heterocycles. The van der Waals surface area contributed by atoms with Gasteiger partial charge in [0.15, 0.2) is 11.6 Å². The van der Waals surface area contributed by atoms with E-state index in [1.165, 1.54) is 5.57 Å². The molecule has 7 rings (SSSR count). The van der Waals surface area contributed by atoms with Crippen LogP contribution in [0, 0.1) is 69.0 Å². The summed E-state index contributed by atoms with van der Waals surface area (Å²) in [5, 5.41) is 0.659. The summed E-state index contributed by atoms with van der Waals surface area (Å²) >= 11 is 0. The number of nitrogens with zero attached hydrogens (tertiary/aromatic N) is 1. The Balaban J connectivity index is 1.22. The number of hydroxylamine groups is 2. The molecule has 1 saturated heterocycles. The highest BCUT2D eigenvalue weighted by atomic mass is 16.7. The zero-order chi connectivity index (χ0) is 30.7. The highest BCUT2D eigenvalue weighted by Crippen LogP contribution is 2.73. The Morgan fingerprint density at radius 1 is 0.860 bits per heavy atom. The molecular weight excluding hydrogens is 542 g/mol. The fourth-order valence-corrected chi connectivity index (χ4v) is 11.5. The van der Waals surface area contributed by atoms with Gasteiger partial charge in [-0.15, -0.1) is 11.5 Å². The molecule has 7 aliphatic rings. The monoisotopic (exact) mass is 587 g/mol. The summed E-state index contributed by atoms with van der Waals surface area (Å²) in [5.74, 6) is 2.37. The van der Waals surface area contributed by atoms with E-state index in [2.05, 4.69) is 26.7 Å². The minimum Gasteiger partial charge on any atom is -0.330 e. The third-order valence-corrected chi connectivity index (χ3v) is 14.1. The second-order valence-corrected chi connectivity index (χ2v) is 16.3. The molecule has 0 aromatic carbocycles. The van der Waals surface area contributed by atoms with Gasteiger partial charge in [-0.1, -0.05) is 32.3 Å². The van der Waals surface area contributed by atoms with Gasteiger partial charge in [-0.05, 0) is 117 Å². The van der Waals surface area contributed by atoms with Crippen LogP contribution in [0.25, 0.3) is 0 Å². The van der Waals surface area contributed by atoms with Gasteiger partial charge in [-0.2, -0.15) is 0 Å². The molecule has 43 heavy (non-hydrogen) atoms. The molecule has 7 heteroatoms. The Morgan fingerprint density at radius 3 is 2.21 bits per heavy atom. The molecule has 5 saturated carbocycles. The van der Waals surface area contributed by atoms with Crippen molar-refractivity contribution in [3.63, 3.8) is 0 Å². The zero-order valence-electron chi connectivity index (χ0n) is 26.1. The molecule has 230 valence electrons. The van der Waals surface area contributed by atoms with Gasteiger partial charge in [0.05, 0.1) is 10.8 Å². The van der Waals surface area contributed by atoms with E-state index < -0.39 is 28.6 Å². The van der Waals surface area contributed by atoms with Crippen LogP contribution in [0.4, 0.5) is 0 Å². The number of amides is 2. The van der Waals surface area contributed by atoms with Crippen LogP contribution < -0.4 is 0 Å². The molecule has 9 atom stereocenters. The first-order chi connectivity index (χ1) is 20.2. The molecule has 0 aromatic heterocycles. The van der Waals surface area contributed by atoms with Crippen LogP contribution in [0.5, 0.6) is 0 Å². The van der Waals surface area contributed by atoms with Crippen molar-refractivity contribution >= 4 is 29.4 Å². The molecule has 6 aliphatic carbocycles. The maximum absolute atomic E-state index is 14.5. The maximum Gasteiger partial charge on any atom is 0.339 e. The van der Waals surface area contributed by atoms with E-state index in [0.717, 1.165) is 44.9 Å². The Hall–Kier alpha value is -2.75. The van der Waals surface area contributed by atoms with E-state index in [9.17, 15) is 24.0 Å². The lowest BCUT2D eigenvalue weighted by molar-refractivity contribution is -0.208. The van der Waals surface area contributed by atoms with Crippen molar-refractivity contribution in [2.45, 2.75) is 111 Å². The first-order valence-corrected chi connectivity index (χ1v) is 16.6. The van der Waals surface area contributed by atoms with Gasteiger partial charge >= 0.3 is 5.97 Å². The van der Waals surface area contributed by atoms with E-state index in [4.69, 9.17) is 11.3 Å². The molecule has 4 unspecified atom stereocenters. The average Bonchev–Trinajstić information content (AvgIpc) is 3.76. The molecule has 7 nitrogen and oxygen atoms in total. The van der Waals surface area contributed by atoms with Crippen molar-refractivity contribution in [1.82, 2.24) is 5.06 Å². The van der Waals surface area contributed by atoms with E-state index in [1.54, 1.807) is 0 Å². The molecule has 0 aromatic rings. The Kier molecular flexibility index (Phi) is 6.16. The van der Waals surface area contributed by atoms with Crippen LogP contribution in [0.1, 0.15) is 111 Å².